The molecule has 0 saturated carbocycles. The van der Waals surface area contributed by atoms with Crippen molar-refractivity contribution >= 4 is 5.84 Å². The van der Waals surface area contributed by atoms with Crippen LogP contribution in [0.15, 0.2) is 41.8 Å². The zero-order chi connectivity index (χ0) is 13.0. The third kappa shape index (κ3) is 2.42. The second-order valence-corrected chi connectivity index (χ2v) is 3.72. The second-order valence-electron chi connectivity index (χ2n) is 3.72. The maximum Gasteiger partial charge on any atom is 0.170 e. The number of benzene rings is 1. The summed E-state index contributed by atoms with van der Waals surface area (Å²) in [5.74, 6) is 0.805. The zero-order valence-electron chi connectivity index (χ0n) is 9.95. The van der Waals surface area contributed by atoms with Gasteiger partial charge in [0.05, 0.1) is 13.7 Å². The van der Waals surface area contributed by atoms with Crippen LogP contribution in [0.3, 0.4) is 0 Å². The average Bonchev–Trinajstić information content (AvgIpc) is 2.90. The Morgan fingerprint density at radius 3 is 3.00 bits per heavy atom. The molecule has 1 heterocycles. The summed E-state index contributed by atoms with van der Waals surface area (Å²) >= 11 is 0. The molecule has 6 nitrogen and oxygen atoms in total. The van der Waals surface area contributed by atoms with Gasteiger partial charge in [0, 0.05) is 23.5 Å². The molecule has 0 spiro atoms. The van der Waals surface area contributed by atoms with E-state index in [0.717, 1.165) is 11.3 Å². The highest BCUT2D eigenvalue weighted by atomic mass is 16.5. The van der Waals surface area contributed by atoms with Gasteiger partial charge in [0.2, 0.25) is 0 Å². The van der Waals surface area contributed by atoms with E-state index >= 15 is 0 Å². The molecule has 0 saturated heterocycles. The van der Waals surface area contributed by atoms with E-state index in [4.69, 9.17) is 15.7 Å². The number of oxime groups is 1. The van der Waals surface area contributed by atoms with Gasteiger partial charge in [0.1, 0.15) is 5.75 Å². The van der Waals surface area contributed by atoms with Crippen molar-refractivity contribution < 1.29 is 9.94 Å². The number of amidine groups is 1. The van der Waals surface area contributed by atoms with Crippen molar-refractivity contribution in [1.82, 2.24) is 9.78 Å². The van der Waals surface area contributed by atoms with Crippen molar-refractivity contribution in [2.24, 2.45) is 10.9 Å². The number of nitrogens with zero attached hydrogens (tertiary/aromatic N) is 3. The van der Waals surface area contributed by atoms with Crippen LogP contribution in [0, 0.1) is 0 Å². The number of methoxy groups -OCH3 is 1. The molecular weight excluding hydrogens is 232 g/mol. The first-order valence-corrected chi connectivity index (χ1v) is 5.37. The monoisotopic (exact) mass is 246 g/mol. The SMILES string of the molecule is COc1ccc(/C(N)=N/O)cc1Cn1cccn1. The minimum absolute atomic E-state index is 0.0689. The summed E-state index contributed by atoms with van der Waals surface area (Å²) in [5, 5.41) is 15.8. The van der Waals surface area contributed by atoms with E-state index in [-0.39, 0.29) is 5.84 Å². The highest BCUT2D eigenvalue weighted by Gasteiger charge is 2.08. The quantitative estimate of drug-likeness (QED) is 0.365. The van der Waals surface area contributed by atoms with Gasteiger partial charge in [-0.2, -0.15) is 5.10 Å². The van der Waals surface area contributed by atoms with Crippen LogP contribution in [0.5, 0.6) is 5.75 Å². The molecule has 1 aromatic heterocycles. The Bertz CT molecular complexity index is 549. The fourth-order valence-electron chi connectivity index (χ4n) is 1.69. The van der Waals surface area contributed by atoms with E-state index in [1.165, 1.54) is 0 Å². The largest absolute Gasteiger partial charge is 0.496 e. The standard InChI is InChI=1S/C12H14N4O2/c1-18-11-4-3-9(12(13)15-17)7-10(11)8-16-6-2-5-14-16/h2-7,17H,8H2,1H3,(H2,13,15). The smallest absolute Gasteiger partial charge is 0.170 e. The summed E-state index contributed by atoms with van der Waals surface area (Å²) in [7, 11) is 1.60. The molecule has 2 rings (SSSR count). The van der Waals surface area contributed by atoms with Crippen LogP contribution >= 0.6 is 0 Å². The van der Waals surface area contributed by atoms with Crippen LogP contribution in [-0.4, -0.2) is 27.9 Å². The van der Waals surface area contributed by atoms with Crippen molar-refractivity contribution in [2.75, 3.05) is 7.11 Å². The Kier molecular flexibility index (Phi) is 3.47. The first-order chi connectivity index (χ1) is 8.74. The van der Waals surface area contributed by atoms with E-state index in [1.54, 1.807) is 30.1 Å². The number of aromatic nitrogens is 2. The third-order valence-corrected chi connectivity index (χ3v) is 2.58. The van der Waals surface area contributed by atoms with E-state index in [2.05, 4.69) is 10.3 Å². The first kappa shape index (κ1) is 12.0. The summed E-state index contributed by atoms with van der Waals surface area (Å²) < 4.78 is 7.05. The van der Waals surface area contributed by atoms with Crippen LogP contribution in [0.2, 0.25) is 0 Å². The van der Waals surface area contributed by atoms with Crippen molar-refractivity contribution in [3.8, 4) is 5.75 Å². The third-order valence-electron chi connectivity index (χ3n) is 2.58. The van der Waals surface area contributed by atoms with Gasteiger partial charge in [-0.1, -0.05) is 5.16 Å². The maximum absolute atomic E-state index is 8.68. The molecule has 0 atom stereocenters. The second kappa shape index (κ2) is 5.22. The zero-order valence-corrected chi connectivity index (χ0v) is 9.95. The highest BCUT2D eigenvalue weighted by molar-refractivity contribution is 5.97. The average molecular weight is 246 g/mol. The van der Waals surface area contributed by atoms with Gasteiger partial charge in [-0.15, -0.1) is 0 Å². The van der Waals surface area contributed by atoms with Gasteiger partial charge in [-0.3, -0.25) is 4.68 Å². The summed E-state index contributed by atoms with van der Waals surface area (Å²) in [6.07, 6.45) is 3.56. The van der Waals surface area contributed by atoms with Crippen molar-refractivity contribution in [3.63, 3.8) is 0 Å². The molecule has 2 aromatic rings. The molecule has 0 unspecified atom stereocenters. The summed E-state index contributed by atoms with van der Waals surface area (Å²) in [6.45, 7) is 0.558. The lowest BCUT2D eigenvalue weighted by atomic mass is 10.1. The summed E-state index contributed by atoms with van der Waals surface area (Å²) in [5.41, 5.74) is 7.11. The topological polar surface area (TPSA) is 85.7 Å². The molecule has 6 heteroatoms. The van der Waals surface area contributed by atoms with Crippen LogP contribution in [0.25, 0.3) is 0 Å². The molecule has 0 aliphatic rings. The Balaban J connectivity index is 2.36. The summed E-state index contributed by atoms with van der Waals surface area (Å²) in [4.78, 5) is 0. The molecule has 1 aromatic carbocycles. The Morgan fingerprint density at radius 2 is 2.39 bits per heavy atom. The first-order valence-electron chi connectivity index (χ1n) is 5.37. The molecule has 0 aliphatic heterocycles. The van der Waals surface area contributed by atoms with Crippen LogP contribution < -0.4 is 10.5 Å². The van der Waals surface area contributed by atoms with Crippen molar-refractivity contribution in [2.45, 2.75) is 6.54 Å². The van der Waals surface area contributed by atoms with Crippen LogP contribution in [-0.2, 0) is 6.54 Å². The lowest BCUT2D eigenvalue weighted by molar-refractivity contribution is 0.318. The number of rotatable bonds is 4. The van der Waals surface area contributed by atoms with Crippen LogP contribution in [0.1, 0.15) is 11.1 Å². The minimum Gasteiger partial charge on any atom is -0.496 e. The molecule has 3 N–H and O–H groups in total. The molecule has 0 amide bonds. The van der Waals surface area contributed by atoms with E-state index in [9.17, 15) is 0 Å². The van der Waals surface area contributed by atoms with Gasteiger partial charge in [0.15, 0.2) is 5.84 Å². The predicted octanol–water partition coefficient (Wildman–Crippen LogP) is 1.03. The fourth-order valence-corrected chi connectivity index (χ4v) is 1.69. The molecular formula is C12H14N4O2. The molecule has 94 valence electrons. The van der Waals surface area contributed by atoms with Crippen molar-refractivity contribution in [3.05, 3.63) is 47.8 Å². The van der Waals surface area contributed by atoms with Gasteiger partial charge in [0.25, 0.3) is 0 Å². The molecule has 18 heavy (non-hydrogen) atoms. The number of ether oxygens (including phenoxy) is 1. The highest BCUT2D eigenvalue weighted by Crippen LogP contribution is 2.20. The number of hydrogen-bond acceptors (Lipinski definition) is 4. The Hall–Kier alpha value is -2.50. The Labute approximate surface area is 104 Å². The lowest BCUT2D eigenvalue weighted by Gasteiger charge is -2.10. The molecule has 0 bridgehead atoms. The van der Waals surface area contributed by atoms with Crippen molar-refractivity contribution in [1.29, 1.82) is 0 Å². The number of hydrogen-bond donors (Lipinski definition) is 2. The molecule has 0 radical (unpaired) electrons. The van der Waals surface area contributed by atoms with Gasteiger partial charge >= 0.3 is 0 Å². The van der Waals surface area contributed by atoms with Crippen LogP contribution in [0.4, 0.5) is 0 Å². The minimum atomic E-state index is 0.0689. The van der Waals surface area contributed by atoms with E-state index < -0.39 is 0 Å². The van der Waals surface area contributed by atoms with E-state index in [0.29, 0.717) is 12.1 Å². The number of nitrogens with two attached hydrogens (primary N) is 1. The summed E-state index contributed by atoms with van der Waals surface area (Å²) in [6, 6.07) is 7.18. The lowest BCUT2D eigenvalue weighted by Crippen LogP contribution is -2.14. The molecule has 0 aliphatic carbocycles. The normalized spacial score (nSPS) is 11.5. The van der Waals surface area contributed by atoms with Gasteiger partial charge < -0.3 is 15.7 Å². The predicted molar refractivity (Wildman–Crippen MR) is 66.8 cm³/mol. The van der Waals surface area contributed by atoms with E-state index in [1.807, 2.05) is 18.3 Å². The fraction of sp³-hybridized carbons (Fsp3) is 0.167. The molecule has 0 fully saturated rings. The maximum atomic E-state index is 8.68. The Morgan fingerprint density at radius 1 is 1.56 bits per heavy atom. The van der Waals surface area contributed by atoms with Gasteiger partial charge in [-0.05, 0) is 24.3 Å². The van der Waals surface area contributed by atoms with Gasteiger partial charge in [-0.25, -0.2) is 0 Å².